The van der Waals surface area contributed by atoms with E-state index in [1.165, 1.54) is 25.3 Å². The van der Waals surface area contributed by atoms with Gasteiger partial charge in [-0.15, -0.1) is 0 Å². The fraction of sp³-hybridized carbons (Fsp3) is 0.150. The third-order valence-corrected chi connectivity index (χ3v) is 4.43. The summed E-state index contributed by atoms with van der Waals surface area (Å²) >= 11 is 5.97. The number of anilines is 1. The summed E-state index contributed by atoms with van der Waals surface area (Å²) in [5, 5.41) is 14.7. The number of aromatic nitrogens is 1. The molecule has 0 aliphatic rings. The second-order valence-corrected chi connectivity index (χ2v) is 6.66. The molecule has 0 bridgehead atoms. The van der Waals surface area contributed by atoms with Crippen LogP contribution in [-0.2, 0) is 9.53 Å². The summed E-state index contributed by atoms with van der Waals surface area (Å²) in [6.07, 6.45) is 0. The van der Waals surface area contributed by atoms with Crippen LogP contribution in [0.1, 0.15) is 16.1 Å². The zero-order chi connectivity index (χ0) is 21.8. The number of hydrogen-bond donors (Lipinski definition) is 1. The number of methoxy groups -OCH3 is 1. The van der Waals surface area contributed by atoms with Crippen molar-refractivity contribution in [1.82, 2.24) is 4.98 Å². The molecule has 2 aromatic carbocycles. The summed E-state index contributed by atoms with van der Waals surface area (Å²) in [5.74, 6) is -1.21. The van der Waals surface area contributed by atoms with Crippen molar-refractivity contribution in [2.45, 2.75) is 6.92 Å². The molecule has 1 N–H and O–H groups in total. The number of nitro groups is 1. The van der Waals surface area contributed by atoms with E-state index in [0.717, 1.165) is 0 Å². The number of pyridine rings is 1. The molecule has 0 spiro atoms. The van der Waals surface area contributed by atoms with Crippen LogP contribution in [0.5, 0.6) is 5.75 Å². The summed E-state index contributed by atoms with van der Waals surface area (Å²) in [7, 11) is 1.37. The maximum absolute atomic E-state index is 12.4. The average molecular weight is 430 g/mol. The molecule has 1 amide bonds. The van der Waals surface area contributed by atoms with E-state index >= 15 is 0 Å². The van der Waals surface area contributed by atoms with E-state index in [1.807, 2.05) is 0 Å². The number of nitrogens with one attached hydrogen (secondary N) is 1. The Kier molecular flexibility index (Phi) is 6.12. The number of ether oxygens (including phenoxy) is 2. The van der Waals surface area contributed by atoms with Gasteiger partial charge in [-0.2, -0.15) is 0 Å². The standard InChI is InChI=1S/C20H16ClN3O6/c1-11-15(8-12-7-13(21)3-5-16(12)22-11)20(26)30-10-19(25)23-17-6-4-14(29-2)9-18(17)24(27)28/h3-9H,10H2,1-2H3,(H,23,25). The summed E-state index contributed by atoms with van der Waals surface area (Å²) in [5.41, 5.74) is 0.896. The van der Waals surface area contributed by atoms with Gasteiger partial charge in [0.2, 0.25) is 0 Å². The molecule has 1 aromatic heterocycles. The molecular formula is C20H16ClN3O6. The minimum absolute atomic E-state index is 0.0416. The van der Waals surface area contributed by atoms with E-state index in [0.29, 0.717) is 21.6 Å². The smallest absolute Gasteiger partial charge is 0.340 e. The number of esters is 1. The first kappa shape index (κ1) is 21.0. The third-order valence-electron chi connectivity index (χ3n) is 4.20. The number of nitrogens with zero attached hydrogens (tertiary/aromatic N) is 2. The highest BCUT2D eigenvalue weighted by molar-refractivity contribution is 6.31. The Morgan fingerprint density at radius 1 is 1.20 bits per heavy atom. The van der Waals surface area contributed by atoms with Crippen LogP contribution in [0.25, 0.3) is 10.9 Å². The molecule has 0 aliphatic heterocycles. The molecule has 0 unspecified atom stereocenters. The van der Waals surface area contributed by atoms with Crippen LogP contribution >= 0.6 is 11.6 Å². The molecular weight excluding hydrogens is 414 g/mol. The van der Waals surface area contributed by atoms with Gasteiger partial charge in [0.15, 0.2) is 6.61 Å². The molecule has 0 aliphatic carbocycles. The maximum atomic E-state index is 12.4. The highest BCUT2D eigenvalue weighted by Crippen LogP contribution is 2.29. The normalized spacial score (nSPS) is 10.5. The van der Waals surface area contributed by atoms with Gasteiger partial charge in [-0.3, -0.25) is 19.9 Å². The van der Waals surface area contributed by atoms with Crippen molar-refractivity contribution in [2.24, 2.45) is 0 Å². The number of fused-ring (bicyclic) bond motifs is 1. The summed E-state index contributed by atoms with van der Waals surface area (Å²) in [6, 6.07) is 10.6. The highest BCUT2D eigenvalue weighted by Gasteiger charge is 2.19. The molecule has 0 radical (unpaired) electrons. The zero-order valence-corrected chi connectivity index (χ0v) is 16.7. The average Bonchev–Trinajstić information content (AvgIpc) is 2.72. The van der Waals surface area contributed by atoms with E-state index in [9.17, 15) is 19.7 Å². The summed E-state index contributed by atoms with van der Waals surface area (Å²) < 4.78 is 9.99. The lowest BCUT2D eigenvalue weighted by atomic mass is 10.1. The summed E-state index contributed by atoms with van der Waals surface area (Å²) in [6.45, 7) is 1.01. The predicted octanol–water partition coefficient (Wildman–Crippen LogP) is 3.91. The monoisotopic (exact) mass is 429 g/mol. The molecule has 30 heavy (non-hydrogen) atoms. The minimum Gasteiger partial charge on any atom is -0.496 e. The number of halogens is 1. The summed E-state index contributed by atoms with van der Waals surface area (Å²) in [4.78, 5) is 39.4. The van der Waals surface area contributed by atoms with Crippen LogP contribution in [0.2, 0.25) is 5.02 Å². The van der Waals surface area contributed by atoms with Crippen LogP contribution in [0, 0.1) is 17.0 Å². The fourth-order valence-corrected chi connectivity index (χ4v) is 2.92. The first-order chi connectivity index (χ1) is 14.3. The Balaban J connectivity index is 1.71. The highest BCUT2D eigenvalue weighted by atomic mass is 35.5. The van der Waals surface area contributed by atoms with Crippen molar-refractivity contribution in [1.29, 1.82) is 0 Å². The van der Waals surface area contributed by atoms with E-state index in [4.69, 9.17) is 21.1 Å². The molecule has 10 heteroatoms. The van der Waals surface area contributed by atoms with Crippen LogP contribution in [0.4, 0.5) is 11.4 Å². The second kappa shape index (κ2) is 8.75. The van der Waals surface area contributed by atoms with Gasteiger partial charge in [-0.05, 0) is 43.3 Å². The number of carbonyl (C=O) groups is 2. The van der Waals surface area contributed by atoms with E-state index in [2.05, 4.69) is 10.3 Å². The lowest BCUT2D eigenvalue weighted by molar-refractivity contribution is -0.384. The number of carbonyl (C=O) groups excluding carboxylic acids is 2. The quantitative estimate of drug-likeness (QED) is 0.358. The maximum Gasteiger partial charge on any atom is 0.340 e. The third kappa shape index (κ3) is 4.64. The topological polar surface area (TPSA) is 121 Å². The van der Waals surface area contributed by atoms with Crippen molar-refractivity contribution in [3.8, 4) is 5.75 Å². The van der Waals surface area contributed by atoms with Crippen LogP contribution < -0.4 is 10.1 Å². The molecule has 0 atom stereocenters. The van der Waals surface area contributed by atoms with Gasteiger partial charge in [0, 0.05) is 10.4 Å². The van der Waals surface area contributed by atoms with Crippen molar-refractivity contribution in [2.75, 3.05) is 19.0 Å². The molecule has 3 rings (SSSR count). The molecule has 0 fully saturated rings. The van der Waals surface area contributed by atoms with Crippen LogP contribution in [0.15, 0.2) is 42.5 Å². The Morgan fingerprint density at radius 3 is 2.67 bits per heavy atom. The van der Waals surface area contributed by atoms with Gasteiger partial charge in [-0.25, -0.2) is 4.79 Å². The van der Waals surface area contributed by atoms with Crippen molar-refractivity contribution < 1.29 is 24.0 Å². The lowest BCUT2D eigenvalue weighted by Crippen LogP contribution is -2.22. The van der Waals surface area contributed by atoms with Crippen molar-refractivity contribution >= 4 is 45.8 Å². The van der Waals surface area contributed by atoms with E-state index < -0.39 is 23.4 Å². The molecule has 154 valence electrons. The number of benzene rings is 2. The Hall–Kier alpha value is -3.72. The lowest BCUT2D eigenvalue weighted by Gasteiger charge is -2.10. The van der Waals surface area contributed by atoms with Crippen molar-refractivity contribution in [3.63, 3.8) is 0 Å². The van der Waals surface area contributed by atoms with E-state index in [-0.39, 0.29) is 22.7 Å². The molecule has 9 nitrogen and oxygen atoms in total. The molecule has 0 saturated carbocycles. The van der Waals surface area contributed by atoms with Crippen molar-refractivity contribution in [3.05, 3.63) is 68.9 Å². The van der Waals surface area contributed by atoms with Crippen LogP contribution in [0.3, 0.4) is 0 Å². The van der Waals surface area contributed by atoms with Gasteiger partial charge in [0.25, 0.3) is 11.6 Å². The predicted molar refractivity (Wildman–Crippen MR) is 110 cm³/mol. The Morgan fingerprint density at radius 2 is 1.97 bits per heavy atom. The molecule has 1 heterocycles. The number of rotatable bonds is 6. The number of hydrogen-bond acceptors (Lipinski definition) is 7. The Labute approximate surface area is 175 Å². The van der Waals surface area contributed by atoms with Gasteiger partial charge >= 0.3 is 5.97 Å². The largest absolute Gasteiger partial charge is 0.496 e. The number of nitro benzene ring substituents is 1. The minimum atomic E-state index is -0.749. The van der Waals surface area contributed by atoms with Gasteiger partial charge in [-0.1, -0.05) is 11.6 Å². The fourth-order valence-electron chi connectivity index (χ4n) is 2.74. The van der Waals surface area contributed by atoms with E-state index in [1.54, 1.807) is 31.2 Å². The first-order valence-corrected chi connectivity index (χ1v) is 9.02. The zero-order valence-electron chi connectivity index (χ0n) is 16.0. The van der Waals surface area contributed by atoms with Gasteiger partial charge in [0.05, 0.1) is 34.9 Å². The number of aryl methyl sites for hydroxylation is 1. The van der Waals surface area contributed by atoms with Gasteiger partial charge < -0.3 is 14.8 Å². The first-order valence-electron chi connectivity index (χ1n) is 8.65. The SMILES string of the molecule is COc1ccc(NC(=O)COC(=O)c2cc3cc(Cl)ccc3nc2C)c([N+](=O)[O-])c1. The molecule has 3 aromatic rings. The molecule has 0 saturated heterocycles. The second-order valence-electron chi connectivity index (χ2n) is 6.22. The number of amides is 1. The Bertz CT molecular complexity index is 1160. The van der Waals surface area contributed by atoms with Crippen LogP contribution in [-0.4, -0.2) is 35.5 Å². The van der Waals surface area contributed by atoms with Gasteiger partial charge in [0.1, 0.15) is 11.4 Å².